The Hall–Kier alpha value is -3.23. The first-order chi connectivity index (χ1) is 13.5. The Balaban J connectivity index is 1.56. The molecule has 1 aliphatic rings. The lowest BCUT2D eigenvalue weighted by Gasteiger charge is -2.35. The number of amides is 1. The first-order valence-electron chi connectivity index (χ1n) is 9.43. The lowest BCUT2D eigenvalue weighted by molar-refractivity contribution is -0.135. The van der Waals surface area contributed by atoms with Crippen LogP contribution < -0.4 is 11.2 Å². The highest BCUT2D eigenvalue weighted by Gasteiger charge is 2.31. The van der Waals surface area contributed by atoms with Crippen molar-refractivity contribution in [2.75, 3.05) is 6.54 Å². The third-order valence-corrected chi connectivity index (χ3v) is 5.30. The van der Waals surface area contributed by atoms with E-state index in [1.54, 1.807) is 0 Å². The van der Waals surface area contributed by atoms with E-state index >= 15 is 0 Å². The molecular formula is C19H22N6O3. The molecule has 2 aromatic heterocycles. The second kappa shape index (κ2) is 7.41. The standard InChI is InChI=1S/C19H22N6O3/c1-24-14-7-3-2-6-12(14)20-17(24)15-8-4-5-11-25(15)16(26)10-9-13-18(27)21-19(28)23-22-13/h2-3,6-7,15H,4-5,8-11H2,1H3,(H2,21,23,27,28)/t15-/m0/s1. The maximum atomic E-state index is 12.9. The molecule has 0 unspecified atom stereocenters. The number of nitrogens with zero attached hydrogens (tertiary/aromatic N) is 4. The van der Waals surface area contributed by atoms with Gasteiger partial charge in [-0.3, -0.25) is 14.6 Å². The van der Waals surface area contributed by atoms with E-state index in [9.17, 15) is 14.4 Å². The minimum atomic E-state index is -0.655. The summed E-state index contributed by atoms with van der Waals surface area (Å²) in [7, 11) is 1.98. The Morgan fingerprint density at radius 2 is 2.07 bits per heavy atom. The Morgan fingerprint density at radius 3 is 2.86 bits per heavy atom. The minimum Gasteiger partial charge on any atom is -0.332 e. The fraction of sp³-hybridized carbons (Fsp3) is 0.421. The predicted octanol–water partition coefficient (Wildman–Crippen LogP) is 1.03. The van der Waals surface area contributed by atoms with Gasteiger partial charge in [-0.1, -0.05) is 12.1 Å². The number of rotatable bonds is 4. The fourth-order valence-electron chi connectivity index (χ4n) is 3.87. The largest absolute Gasteiger partial charge is 0.342 e. The zero-order chi connectivity index (χ0) is 19.7. The van der Waals surface area contributed by atoms with Crippen LogP contribution in [0.3, 0.4) is 0 Å². The van der Waals surface area contributed by atoms with Crippen LogP contribution in [0.4, 0.5) is 0 Å². The summed E-state index contributed by atoms with van der Waals surface area (Å²) in [6, 6.07) is 7.85. The van der Waals surface area contributed by atoms with Crippen LogP contribution in [-0.4, -0.2) is 42.1 Å². The molecule has 9 nitrogen and oxygen atoms in total. The summed E-state index contributed by atoms with van der Waals surface area (Å²) in [5.74, 6) is 0.846. The molecule has 1 amide bonds. The van der Waals surface area contributed by atoms with Crippen LogP contribution >= 0.6 is 0 Å². The SMILES string of the molecule is Cn1c([C@@H]2CCCCN2C(=O)CCc2n[nH]c(=O)[nH]c2=O)nc2ccccc21. The summed E-state index contributed by atoms with van der Waals surface area (Å²) in [5, 5.41) is 5.95. The Bertz CT molecular complexity index is 1130. The molecule has 3 heterocycles. The molecular weight excluding hydrogens is 360 g/mol. The van der Waals surface area contributed by atoms with E-state index in [1.165, 1.54) is 0 Å². The van der Waals surface area contributed by atoms with Crippen LogP contribution in [0.2, 0.25) is 0 Å². The summed E-state index contributed by atoms with van der Waals surface area (Å²) in [5.41, 5.74) is 0.908. The minimum absolute atomic E-state index is 0.0378. The lowest BCUT2D eigenvalue weighted by Crippen LogP contribution is -2.40. The molecule has 2 N–H and O–H groups in total. The summed E-state index contributed by atoms with van der Waals surface area (Å²) >= 11 is 0. The zero-order valence-electron chi connectivity index (χ0n) is 15.6. The van der Waals surface area contributed by atoms with Gasteiger partial charge in [0.15, 0.2) is 0 Å². The highest BCUT2D eigenvalue weighted by atomic mass is 16.2. The third-order valence-electron chi connectivity index (χ3n) is 5.30. The highest BCUT2D eigenvalue weighted by Crippen LogP contribution is 2.32. The number of fused-ring (bicyclic) bond motifs is 1. The van der Waals surface area contributed by atoms with Gasteiger partial charge < -0.3 is 9.47 Å². The lowest BCUT2D eigenvalue weighted by atomic mass is 10.0. The van der Waals surface area contributed by atoms with Gasteiger partial charge in [-0.15, -0.1) is 0 Å². The number of carbonyl (C=O) groups excluding carboxylic acids is 1. The van der Waals surface area contributed by atoms with Crippen molar-refractivity contribution in [2.24, 2.45) is 7.05 Å². The van der Waals surface area contributed by atoms with Crippen LogP contribution in [0.15, 0.2) is 33.9 Å². The molecule has 1 aliphatic heterocycles. The van der Waals surface area contributed by atoms with E-state index in [2.05, 4.69) is 19.7 Å². The number of benzene rings is 1. The average molecular weight is 382 g/mol. The molecule has 0 bridgehead atoms. The van der Waals surface area contributed by atoms with E-state index in [-0.39, 0.29) is 30.5 Å². The molecule has 1 saturated heterocycles. The molecule has 9 heteroatoms. The molecule has 0 radical (unpaired) electrons. The van der Waals surface area contributed by atoms with Gasteiger partial charge in [0.2, 0.25) is 5.91 Å². The number of para-hydroxylation sites is 2. The summed E-state index contributed by atoms with van der Waals surface area (Å²) in [6.07, 6.45) is 3.18. The van der Waals surface area contributed by atoms with Crippen molar-refractivity contribution in [1.82, 2.24) is 29.6 Å². The number of aryl methyl sites for hydroxylation is 2. The first-order valence-corrected chi connectivity index (χ1v) is 9.43. The van der Waals surface area contributed by atoms with Crippen molar-refractivity contribution in [1.29, 1.82) is 0 Å². The molecule has 28 heavy (non-hydrogen) atoms. The average Bonchev–Trinajstić information content (AvgIpc) is 3.04. The highest BCUT2D eigenvalue weighted by molar-refractivity contribution is 5.78. The molecule has 4 rings (SSSR count). The Kier molecular flexibility index (Phi) is 4.81. The quantitative estimate of drug-likeness (QED) is 0.699. The zero-order valence-corrected chi connectivity index (χ0v) is 15.6. The normalized spacial score (nSPS) is 17.2. The topological polar surface area (TPSA) is 117 Å². The Labute approximate surface area is 160 Å². The van der Waals surface area contributed by atoms with Gasteiger partial charge >= 0.3 is 5.69 Å². The molecule has 1 atom stereocenters. The van der Waals surface area contributed by atoms with Gasteiger partial charge in [0.1, 0.15) is 11.5 Å². The van der Waals surface area contributed by atoms with E-state index in [0.717, 1.165) is 36.1 Å². The molecule has 1 fully saturated rings. The number of H-pyrrole nitrogens is 2. The predicted molar refractivity (Wildman–Crippen MR) is 103 cm³/mol. The number of carbonyl (C=O) groups is 1. The van der Waals surface area contributed by atoms with Gasteiger partial charge in [-0.2, -0.15) is 5.10 Å². The second-order valence-corrected chi connectivity index (χ2v) is 7.07. The van der Waals surface area contributed by atoms with Crippen molar-refractivity contribution in [3.8, 4) is 0 Å². The van der Waals surface area contributed by atoms with Crippen molar-refractivity contribution in [3.63, 3.8) is 0 Å². The number of aromatic amines is 2. The van der Waals surface area contributed by atoms with Gasteiger partial charge in [0.05, 0.1) is 17.1 Å². The second-order valence-electron chi connectivity index (χ2n) is 7.07. The number of hydrogen-bond acceptors (Lipinski definition) is 5. The first kappa shape index (κ1) is 18.1. The van der Waals surface area contributed by atoms with E-state index in [0.29, 0.717) is 6.54 Å². The maximum absolute atomic E-state index is 12.9. The molecule has 0 spiro atoms. The number of aromatic nitrogens is 5. The molecule has 0 aliphatic carbocycles. The number of piperidine rings is 1. The fourth-order valence-corrected chi connectivity index (χ4v) is 3.87. The van der Waals surface area contributed by atoms with Gasteiger partial charge in [0.25, 0.3) is 5.56 Å². The van der Waals surface area contributed by atoms with Crippen LogP contribution in [0, 0.1) is 0 Å². The van der Waals surface area contributed by atoms with Crippen LogP contribution in [0.25, 0.3) is 11.0 Å². The summed E-state index contributed by atoms with van der Waals surface area (Å²) < 4.78 is 2.06. The van der Waals surface area contributed by atoms with Crippen LogP contribution in [0.5, 0.6) is 0 Å². The summed E-state index contributed by atoms with van der Waals surface area (Å²) in [6.45, 7) is 0.669. The van der Waals surface area contributed by atoms with Crippen molar-refractivity contribution >= 4 is 16.9 Å². The van der Waals surface area contributed by atoms with Gasteiger partial charge in [-0.25, -0.2) is 14.9 Å². The van der Waals surface area contributed by atoms with E-state index < -0.39 is 11.2 Å². The monoisotopic (exact) mass is 382 g/mol. The van der Waals surface area contributed by atoms with Crippen molar-refractivity contribution in [2.45, 2.75) is 38.1 Å². The van der Waals surface area contributed by atoms with Gasteiger partial charge in [0, 0.05) is 26.4 Å². The number of imidazole rings is 1. The van der Waals surface area contributed by atoms with Crippen LogP contribution in [-0.2, 0) is 18.3 Å². The van der Waals surface area contributed by atoms with Gasteiger partial charge in [-0.05, 0) is 31.4 Å². The van der Waals surface area contributed by atoms with E-state index in [1.807, 2.05) is 36.2 Å². The Morgan fingerprint density at radius 1 is 1.25 bits per heavy atom. The third kappa shape index (κ3) is 3.35. The maximum Gasteiger partial charge on any atom is 0.342 e. The van der Waals surface area contributed by atoms with Crippen molar-refractivity contribution < 1.29 is 4.79 Å². The summed E-state index contributed by atoms with van der Waals surface area (Å²) in [4.78, 5) is 44.6. The van der Waals surface area contributed by atoms with Crippen molar-refractivity contribution in [3.05, 3.63) is 56.6 Å². The molecule has 146 valence electrons. The molecule has 3 aromatic rings. The number of hydrogen-bond donors (Lipinski definition) is 2. The van der Waals surface area contributed by atoms with E-state index in [4.69, 9.17) is 4.98 Å². The molecule has 1 aromatic carbocycles. The molecule has 0 saturated carbocycles. The number of nitrogens with one attached hydrogen (secondary N) is 2. The van der Waals surface area contributed by atoms with Crippen LogP contribution in [0.1, 0.15) is 43.2 Å². The smallest absolute Gasteiger partial charge is 0.332 e. The number of likely N-dealkylation sites (tertiary alicyclic amines) is 1.